The van der Waals surface area contributed by atoms with Crippen molar-refractivity contribution in [2.24, 2.45) is 5.73 Å². The number of nitrogens with two attached hydrogens (primary N) is 1. The van der Waals surface area contributed by atoms with Crippen molar-refractivity contribution < 1.29 is 19.0 Å². The fourth-order valence-corrected chi connectivity index (χ4v) is 2.49. The molecule has 2 aromatic rings. The molecule has 0 aliphatic heterocycles. The van der Waals surface area contributed by atoms with Gasteiger partial charge >= 0.3 is 5.97 Å². The molecule has 1 aromatic carbocycles. The molecule has 1 aromatic heterocycles. The summed E-state index contributed by atoms with van der Waals surface area (Å²) in [6, 6.07) is 4.34. The van der Waals surface area contributed by atoms with Crippen LogP contribution in [0.5, 0.6) is 5.75 Å². The number of benzene rings is 1. The second-order valence-corrected chi connectivity index (χ2v) is 5.33. The molecule has 0 aliphatic carbocycles. The monoisotopic (exact) mass is 342 g/mol. The lowest BCUT2D eigenvalue weighted by molar-refractivity contribution is -0.138. The zero-order valence-electron chi connectivity index (χ0n) is 13.0. The third kappa shape index (κ3) is 4.30. The number of pyridine rings is 1. The van der Waals surface area contributed by atoms with Crippen LogP contribution < -0.4 is 10.5 Å². The number of nitrogens with zero attached hydrogens (tertiary/aromatic N) is 1. The molecule has 0 radical (unpaired) electrons. The van der Waals surface area contributed by atoms with Gasteiger partial charge in [0.15, 0.2) is 0 Å². The maximum atomic E-state index is 14.2. The largest absolute Gasteiger partial charge is 0.497 e. The molecule has 0 amide bonds. The van der Waals surface area contributed by atoms with Gasteiger partial charge in [0.25, 0.3) is 0 Å². The number of rotatable bonds is 6. The van der Waals surface area contributed by atoms with E-state index in [-0.39, 0.29) is 24.7 Å². The van der Waals surface area contributed by atoms with Crippen molar-refractivity contribution in [1.29, 1.82) is 0 Å². The maximum Gasteiger partial charge on any atom is 0.320 e. The van der Waals surface area contributed by atoms with Gasteiger partial charge in [-0.1, -0.05) is 6.92 Å². The lowest BCUT2D eigenvalue weighted by atomic mass is 9.91. The number of carbonyl (C=O) groups is 1. The summed E-state index contributed by atoms with van der Waals surface area (Å²) in [5.41, 5.74) is 6.70. The van der Waals surface area contributed by atoms with Crippen molar-refractivity contribution in [3.05, 3.63) is 35.8 Å². The van der Waals surface area contributed by atoms with Gasteiger partial charge in [-0.05, 0) is 37.0 Å². The SMILES string of the molecule is COc1ccc2ncc(F)c(C(C)CCC(N)C(=O)O)c2c1.Cl. The normalized spacial score (nSPS) is 13.2. The van der Waals surface area contributed by atoms with Crippen LogP contribution in [0.15, 0.2) is 24.4 Å². The minimum absolute atomic E-state index is 0. The fraction of sp³-hybridized carbons (Fsp3) is 0.375. The number of hydrogen-bond donors (Lipinski definition) is 2. The van der Waals surface area contributed by atoms with Crippen LogP contribution in [0.4, 0.5) is 4.39 Å². The van der Waals surface area contributed by atoms with E-state index in [9.17, 15) is 9.18 Å². The van der Waals surface area contributed by atoms with Crippen LogP contribution in [0, 0.1) is 5.82 Å². The van der Waals surface area contributed by atoms with Gasteiger partial charge in [0, 0.05) is 10.9 Å². The molecule has 0 spiro atoms. The average molecular weight is 343 g/mol. The number of carboxylic acid groups (broad SMARTS) is 1. The predicted octanol–water partition coefficient (Wildman–Crippen LogP) is 3.10. The second-order valence-electron chi connectivity index (χ2n) is 5.33. The summed E-state index contributed by atoms with van der Waals surface area (Å²) in [6.45, 7) is 1.85. The number of hydrogen-bond acceptors (Lipinski definition) is 4. The summed E-state index contributed by atoms with van der Waals surface area (Å²) in [5.74, 6) is -1.01. The number of aliphatic carboxylic acids is 1. The summed E-state index contributed by atoms with van der Waals surface area (Å²) < 4.78 is 19.4. The minimum atomic E-state index is -1.05. The van der Waals surface area contributed by atoms with Gasteiger partial charge in [0.05, 0.1) is 18.8 Å². The van der Waals surface area contributed by atoms with Crippen LogP contribution in [-0.4, -0.2) is 29.2 Å². The molecule has 0 saturated carbocycles. The van der Waals surface area contributed by atoms with Crippen LogP contribution in [0.2, 0.25) is 0 Å². The van der Waals surface area contributed by atoms with Crippen molar-refractivity contribution >= 4 is 29.3 Å². The first-order valence-electron chi connectivity index (χ1n) is 7.04. The highest BCUT2D eigenvalue weighted by atomic mass is 35.5. The molecule has 126 valence electrons. The van der Waals surface area contributed by atoms with Crippen molar-refractivity contribution in [1.82, 2.24) is 4.98 Å². The summed E-state index contributed by atoms with van der Waals surface area (Å²) in [7, 11) is 1.54. The second kappa shape index (κ2) is 8.08. The Morgan fingerprint density at radius 1 is 1.43 bits per heavy atom. The van der Waals surface area contributed by atoms with Crippen LogP contribution >= 0.6 is 12.4 Å². The number of halogens is 2. The van der Waals surface area contributed by atoms with Gasteiger partial charge in [0.2, 0.25) is 0 Å². The third-order valence-corrected chi connectivity index (χ3v) is 3.79. The first kappa shape index (κ1) is 19.1. The van der Waals surface area contributed by atoms with E-state index in [1.807, 2.05) is 6.92 Å². The van der Waals surface area contributed by atoms with Gasteiger partial charge in [-0.15, -0.1) is 12.4 Å². The Labute approximate surface area is 140 Å². The molecule has 0 saturated heterocycles. The van der Waals surface area contributed by atoms with E-state index in [1.54, 1.807) is 25.3 Å². The molecule has 2 rings (SSSR count). The maximum absolute atomic E-state index is 14.2. The van der Waals surface area contributed by atoms with Crippen LogP contribution in [0.1, 0.15) is 31.2 Å². The molecule has 7 heteroatoms. The van der Waals surface area contributed by atoms with E-state index in [0.29, 0.717) is 28.6 Å². The Balaban J connectivity index is 0.00000264. The average Bonchev–Trinajstić information content (AvgIpc) is 2.51. The van der Waals surface area contributed by atoms with E-state index < -0.39 is 17.8 Å². The van der Waals surface area contributed by atoms with Gasteiger partial charge in [0.1, 0.15) is 17.6 Å². The van der Waals surface area contributed by atoms with Gasteiger partial charge in [-0.2, -0.15) is 0 Å². The highest BCUT2D eigenvalue weighted by molar-refractivity contribution is 5.85. The van der Waals surface area contributed by atoms with Crippen molar-refractivity contribution in [2.45, 2.75) is 31.7 Å². The van der Waals surface area contributed by atoms with Crippen LogP contribution in [0.25, 0.3) is 10.9 Å². The van der Waals surface area contributed by atoms with Crippen LogP contribution in [-0.2, 0) is 4.79 Å². The molecule has 5 nitrogen and oxygen atoms in total. The summed E-state index contributed by atoms with van der Waals surface area (Å²) in [5, 5.41) is 9.51. The summed E-state index contributed by atoms with van der Waals surface area (Å²) in [6.07, 6.45) is 1.95. The molecule has 1 heterocycles. The zero-order chi connectivity index (χ0) is 16.3. The Kier molecular flexibility index (Phi) is 6.72. The van der Waals surface area contributed by atoms with Crippen LogP contribution in [0.3, 0.4) is 0 Å². The van der Waals surface area contributed by atoms with E-state index in [1.165, 1.54) is 6.20 Å². The van der Waals surface area contributed by atoms with Gasteiger partial charge < -0.3 is 15.6 Å². The molecule has 2 unspecified atom stereocenters. The van der Waals surface area contributed by atoms with Gasteiger partial charge in [-0.3, -0.25) is 9.78 Å². The topological polar surface area (TPSA) is 85.4 Å². The number of methoxy groups -OCH3 is 1. The summed E-state index contributed by atoms with van der Waals surface area (Å²) in [4.78, 5) is 14.9. The van der Waals surface area contributed by atoms with Crippen molar-refractivity contribution in [2.75, 3.05) is 7.11 Å². The highest BCUT2D eigenvalue weighted by Crippen LogP contribution is 2.32. The first-order chi connectivity index (χ1) is 10.4. The summed E-state index contributed by atoms with van der Waals surface area (Å²) >= 11 is 0. The number of aromatic nitrogens is 1. The van der Waals surface area contributed by atoms with Crippen molar-refractivity contribution in [3.8, 4) is 5.75 Å². The molecule has 2 atom stereocenters. The Bertz CT molecular complexity index is 696. The van der Waals surface area contributed by atoms with E-state index in [0.717, 1.165) is 0 Å². The number of fused-ring (bicyclic) bond motifs is 1. The van der Waals surface area contributed by atoms with Gasteiger partial charge in [-0.25, -0.2) is 4.39 Å². The Morgan fingerprint density at radius 2 is 2.13 bits per heavy atom. The lowest BCUT2D eigenvalue weighted by Crippen LogP contribution is -2.30. The quantitative estimate of drug-likeness (QED) is 0.842. The standard InChI is InChI=1S/C16H19FN2O3.ClH/c1-9(3-5-13(18)16(20)21)15-11-7-10(22-2)4-6-14(11)19-8-12(15)17;/h4,6-9,13H,3,5,18H2,1-2H3,(H,20,21);1H. The zero-order valence-corrected chi connectivity index (χ0v) is 13.8. The Morgan fingerprint density at radius 3 is 2.74 bits per heavy atom. The Hall–Kier alpha value is -1.92. The highest BCUT2D eigenvalue weighted by Gasteiger charge is 2.19. The van der Waals surface area contributed by atoms with E-state index in [2.05, 4.69) is 4.98 Å². The predicted molar refractivity (Wildman–Crippen MR) is 88.8 cm³/mol. The molecule has 23 heavy (non-hydrogen) atoms. The number of ether oxygens (including phenoxy) is 1. The van der Waals surface area contributed by atoms with E-state index >= 15 is 0 Å². The molecule has 0 aliphatic rings. The van der Waals surface area contributed by atoms with E-state index in [4.69, 9.17) is 15.6 Å². The fourth-order valence-electron chi connectivity index (χ4n) is 2.49. The molecular formula is C16H20ClFN2O3. The molecular weight excluding hydrogens is 323 g/mol. The smallest absolute Gasteiger partial charge is 0.320 e. The first-order valence-corrected chi connectivity index (χ1v) is 7.04. The number of carboxylic acids is 1. The molecule has 0 bridgehead atoms. The lowest BCUT2D eigenvalue weighted by Gasteiger charge is -2.17. The molecule has 0 fully saturated rings. The molecule has 3 N–H and O–H groups in total. The third-order valence-electron chi connectivity index (χ3n) is 3.79. The minimum Gasteiger partial charge on any atom is -0.497 e. The van der Waals surface area contributed by atoms with Crippen molar-refractivity contribution in [3.63, 3.8) is 0 Å².